The summed E-state index contributed by atoms with van der Waals surface area (Å²) in [6.45, 7) is 0. The number of carbonyl (C=O) groups is 1. The molecule has 0 bridgehead atoms. The standard InChI is InChI=1S/C12H11Cl2NO/c13-10-3-1-2-8(12(10)14)4-7-11(16)15-9-5-6-9/h1-4,7,9H,5-6H2,(H,15,16)/b7-4+. The lowest BCUT2D eigenvalue weighted by Gasteiger charge is -2.00. The van der Waals surface area contributed by atoms with Crippen molar-refractivity contribution < 1.29 is 4.79 Å². The van der Waals surface area contributed by atoms with Crippen molar-refractivity contribution in [2.45, 2.75) is 18.9 Å². The van der Waals surface area contributed by atoms with Crippen LogP contribution in [0.5, 0.6) is 0 Å². The zero-order valence-corrected chi connectivity index (χ0v) is 10.1. The Morgan fingerprint density at radius 3 is 2.81 bits per heavy atom. The highest BCUT2D eigenvalue weighted by Gasteiger charge is 2.22. The molecule has 84 valence electrons. The van der Waals surface area contributed by atoms with E-state index in [-0.39, 0.29) is 5.91 Å². The molecule has 2 rings (SSSR count). The molecule has 1 aromatic rings. The van der Waals surface area contributed by atoms with E-state index in [9.17, 15) is 4.79 Å². The summed E-state index contributed by atoms with van der Waals surface area (Å²) in [6, 6.07) is 5.69. The third-order valence-electron chi connectivity index (χ3n) is 2.32. The lowest BCUT2D eigenvalue weighted by atomic mass is 10.2. The SMILES string of the molecule is O=C(/C=C/c1cccc(Cl)c1Cl)NC1CC1. The highest BCUT2D eigenvalue weighted by Crippen LogP contribution is 2.26. The topological polar surface area (TPSA) is 29.1 Å². The molecule has 0 aliphatic heterocycles. The molecular weight excluding hydrogens is 245 g/mol. The van der Waals surface area contributed by atoms with Crippen molar-refractivity contribution in [3.8, 4) is 0 Å². The van der Waals surface area contributed by atoms with E-state index in [1.165, 1.54) is 6.08 Å². The molecule has 1 aliphatic rings. The average molecular weight is 256 g/mol. The van der Waals surface area contributed by atoms with Gasteiger partial charge in [-0.1, -0.05) is 35.3 Å². The van der Waals surface area contributed by atoms with Crippen molar-refractivity contribution in [1.29, 1.82) is 0 Å². The lowest BCUT2D eigenvalue weighted by molar-refractivity contribution is -0.116. The van der Waals surface area contributed by atoms with Gasteiger partial charge >= 0.3 is 0 Å². The van der Waals surface area contributed by atoms with Crippen molar-refractivity contribution in [2.24, 2.45) is 0 Å². The van der Waals surface area contributed by atoms with E-state index in [4.69, 9.17) is 23.2 Å². The first-order valence-electron chi connectivity index (χ1n) is 5.09. The molecule has 1 aromatic carbocycles. The normalized spacial score (nSPS) is 15.4. The summed E-state index contributed by atoms with van der Waals surface area (Å²) in [5.41, 5.74) is 0.750. The van der Waals surface area contributed by atoms with Gasteiger partial charge in [-0.15, -0.1) is 0 Å². The molecule has 4 heteroatoms. The maximum absolute atomic E-state index is 11.4. The largest absolute Gasteiger partial charge is 0.350 e. The minimum Gasteiger partial charge on any atom is -0.350 e. The number of hydrogen-bond acceptors (Lipinski definition) is 1. The summed E-state index contributed by atoms with van der Waals surface area (Å²) >= 11 is 11.8. The number of carbonyl (C=O) groups excluding carboxylic acids is 1. The van der Waals surface area contributed by atoms with Gasteiger partial charge in [-0.05, 0) is 30.5 Å². The second-order valence-corrected chi connectivity index (χ2v) is 4.54. The molecule has 0 unspecified atom stereocenters. The fraction of sp³-hybridized carbons (Fsp3) is 0.250. The third kappa shape index (κ3) is 3.00. The zero-order chi connectivity index (χ0) is 11.5. The number of halogens is 2. The van der Waals surface area contributed by atoms with Gasteiger partial charge in [0.05, 0.1) is 10.0 Å². The minimum atomic E-state index is -0.0847. The Bertz CT molecular complexity index is 439. The van der Waals surface area contributed by atoms with Gasteiger partial charge in [0.2, 0.25) is 5.91 Å². The van der Waals surface area contributed by atoms with Crippen LogP contribution in [0.1, 0.15) is 18.4 Å². The van der Waals surface area contributed by atoms with Gasteiger partial charge in [-0.2, -0.15) is 0 Å². The van der Waals surface area contributed by atoms with E-state index in [0.717, 1.165) is 18.4 Å². The molecule has 1 N–H and O–H groups in total. The maximum Gasteiger partial charge on any atom is 0.244 e. The first kappa shape index (κ1) is 11.5. The van der Waals surface area contributed by atoms with Crippen LogP contribution in [0.4, 0.5) is 0 Å². The predicted octanol–water partition coefficient (Wildman–Crippen LogP) is 3.29. The van der Waals surface area contributed by atoms with Gasteiger partial charge in [-0.25, -0.2) is 0 Å². The molecule has 1 saturated carbocycles. The summed E-state index contributed by atoms with van der Waals surface area (Å²) in [4.78, 5) is 11.4. The molecule has 0 saturated heterocycles. The van der Waals surface area contributed by atoms with Gasteiger partial charge in [-0.3, -0.25) is 4.79 Å². The van der Waals surface area contributed by atoms with Crippen LogP contribution in [0, 0.1) is 0 Å². The lowest BCUT2D eigenvalue weighted by Crippen LogP contribution is -2.22. The monoisotopic (exact) mass is 255 g/mol. The molecule has 2 nitrogen and oxygen atoms in total. The number of nitrogens with one attached hydrogen (secondary N) is 1. The maximum atomic E-state index is 11.4. The number of rotatable bonds is 3. The Morgan fingerprint density at radius 2 is 2.12 bits per heavy atom. The smallest absolute Gasteiger partial charge is 0.244 e. The van der Waals surface area contributed by atoms with Crippen molar-refractivity contribution in [3.05, 3.63) is 39.9 Å². The van der Waals surface area contributed by atoms with Crippen molar-refractivity contribution in [2.75, 3.05) is 0 Å². The number of benzene rings is 1. The first-order valence-corrected chi connectivity index (χ1v) is 5.85. The van der Waals surface area contributed by atoms with Gasteiger partial charge in [0, 0.05) is 12.1 Å². The molecule has 16 heavy (non-hydrogen) atoms. The van der Waals surface area contributed by atoms with Gasteiger partial charge < -0.3 is 5.32 Å². The van der Waals surface area contributed by atoms with Crippen LogP contribution < -0.4 is 5.32 Å². The van der Waals surface area contributed by atoms with E-state index >= 15 is 0 Å². The Balaban J connectivity index is 2.04. The second kappa shape index (κ2) is 4.89. The molecule has 0 heterocycles. The molecule has 0 aromatic heterocycles. The minimum absolute atomic E-state index is 0.0847. The van der Waals surface area contributed by atoms with Crippen molar-refractivity contribution in [1.82, 2.24) is 5.32 Å². The Labute approximate surface area is 104 Å². The molecule has 1 aliphatic carbocycles. The fourth-order valence-corrected chi connectivity index (χ4v) is 1.66. The molecular formula is C12H11Cl2NO. The first-order chi connectivity index (χ1) is 7.66. The quantitative estimate of drug-likeness (QED) is 0.826. The average Bonchev–Trinajstić information content (AvgIpc) is 3.04. The number of amides is 1. The van der Waals surface area contributed by atoms with Gasteiger partial charge in [0.25, 0.3) is 0 Å². The summed E-state index contributed by atoms with van der Waals surface area (Å²) < 4.78 is 0. The second-order valence-electron chi connectivity index (χ2n) is 3.76. The van der Waals surface area contributed by atoms with E-state index in [0.29, 0.717) is 16.1 Å². The van der Waals surface area contributed by atoms with Crippen molar-refractivity contribution >= 4 is 35.2 Å². The van der Waals surface area contributed by atoms with Crippen LogP contribution in [0.25, 0.3) is 6.08 Å². The van der Waals surface area contributed by atoms with Crippen LogP contribution >= 0.6 is 23.2 Å². The van der Waals surface area contributed by atoms with E-state index in [1.807, 2.05) is 6.07 Å². The molecule has 0 spiro atoms. The third-order valence-corrected chi connectivity index (χ3v) is 3.15. The van der Waals surface area contributed by atoms with Crippen LogP contribution in [-0.2, 0) is 4.79 Å². The van der Waals surface area contributed by atoms with Gasteiger partial charge in [0.1, 0.15) is 0 Å². The van der Waals surface area contributed by atoms with Crippen LogP contribution in [0.15, 0.2) is 24.3 Å². The molecule has 1 fully saturated rings. The van der Waals surface area contributed by atoms with E-state index < -0.39 is 0 Å². The van der Waals surface area contributed by atoms with E-state index in [2.05, 4.69) is 5.32 Å². The fourth-order valence-electron chi connectivity index (χ4n) is 1.29. The summed E-state index contributed by atoms with van der Waals surface area (Å²) in [7, 11) is 0. The molecule has 1 amide bonds. The highest BCUT2D eigenvalue weighted by atomic mass is 35.5. The van der Waals surface area contributed by atoms with Crippen LogP contribution in [0.3, 0.4) is 0 Å². The zero-order valence-electron chi connectivity index (χ0n) is 8.54. The van der Waals surface area contributed by atoms with Crippen molar-refractivity contribution in [3.63, 3.8) is 0 Å². The Hall–Kier alpha value is -0.990. The summed E-state index contributed by atoms with van der Waals surface area (Å²) in [5, 5.41) is 3.82. The van der Waals surface area contributed by atoms with Gasteiger partial charge in [0.15, 0.2) is 0 Å². The Morgan fingerprint density at radius 1 is 1.38 bits per heavy atom. The van der Waals surface area contributed by atoms with E-state index in [1.54, 1.807) is 18.2 Å². The molecule has 0 radical (unpaired) electrons. The number of hydrogen-bond donors (Lipinski definition) is 1. The predicted molar refractivity (Wildman–Crippen MR) is 66.7 cm³/mol. The Kier molecular flexibility index (Phi) is 3.52. The molecule has 0 atom stereocenters. The van der Waals surface area contributed by atoms with Crippen LogP contribution in [0.2, 0.25) is 10.0 Å². The highest BCUT2D eigenvalue weighted by molar-refractivity contribution is 6.42. The summed E-state index contributed by atoms with van der Waals surface area (Å²) in [5.74, 6) is -0.0847. The van der Waals surface area contributed by atoms with Crippen LogP contribution in [-0.4, -0.2) is 11.9 Å². The summed E-state index contributed by atoms with van der Waals surface area (Å²) in [6.07, 6.45) is 5.32.